The van der Waals surface area contributed by atoms with Crippen LogP contribution in [-0.2, 0) is 24.9 Å². The Hall–Kier alpha value is -2.74. The first kappa shape index (κ1) is 17.7. The van der Waals surface area contributed by atoms with E-state index in [1.807, 2.05) is 0 Å². The molecule has 1 amide bonds. The van der Waals surface area contributed by atoms with E-state index in [2.05, 4.69) is 10.1 Å². The minimum atomic E-state index is -0.448. The third-order valence-electron chi connectivity index (χ3n) is 4.72. The number of amides is 1. The fourth-order valence-corrected chi connectivity index (χ4v) is 3.30. The third kappa shape index (κ3) is 3.32. The molecule has 0 spiro atoms. The van der Waals surface area contributed by atoms with Crippen molar-refractivity contribution in [1.82, 2.24) is 24.2 Å². The number of aromatic nitrogens is 4. The maximum absolute atomic E-state index is 14.1. The molecule has 27 heavy (non-hydrogen) atoms. The van der Waals surface area contributed by atoms with Crippen LogP contribution < -0.4 is 5.56 Å². The van der Waals surface area contributed by atoms with Crippen LogP contribution in [0, 0.1) is 5.82 Å². The summed E-state index contributed by atoms with van der Waals surface area (Å²) in [5.74, 6) is -0.722. The van der Waals surface area contributed by atoms with Gasteiger partial charge in [0.05, 0.1) is 12.7 Å². The van der Waals surface area contributed by atoms with Gasteiger partial charge in [0.2, 0.25) is 5.91 Å². The number of hydrogen-bond donors (Lipinski definition) is 0. The Bertz CT molecular complexity index is 1070. The molecule has 0 radical (unpaired) electrons. The molecule has 0 bridgehead atoms. The predicted molar refractivity (Wildman–Crippen MR) is 97.8 cm³/mol. The van der Waals surface area contributed by atoms with Gasteiger partial charge in [-0.25, -0.2) is 9.37 Å². The van der Waals surface area contributed by atoms with E-state index in [1.165, 1.54) is 33.9 Å². The number of nitrogens with zero attached hydrogens (tertiary/aromatic N) is 5. The summed E-state index contributed by atoms with van der Waals surface area (Å²) in [6.07, 6.45) is 4.48. The standard InChI is InChI=1S/C18H17ClFN5O2/c1-23-17-12(7-22-23)18(27)24(10-21-17)9-16(26)25(11-5-6-11)8-13-14(19)3-2-4-15(13)20/h2-4,7,10-11H,5-6,8-9H2,1H3. The highest BCUT2D eigenvalue weighted by Gasteiger charge is 2.33. The summed E-state index contributed by atoms with van der Waals surface area (Å²) in [6.45, 7) is -0.0917. The lowest BCUT2D eigenvalue weighted by Crippen LogP contribution is -2.38. The van der Waals surface area contributed by atoms with Gasteiger partial charge >= 0.3 is 0 Å². The number of carbonyl (C=O) groups excluding carboxylic acids is 1. The van der Waals surface area contributed by atoms with E-state index >= 15 is 0 Å². The number of aryl methyl sites for hydroxylation is 1. The van der Waals surface area contributed by atoms with Crippen LogP contribution in [0.2, 0.25) is 5.02 Å². The fourth-order valence-electron chi connectivity index (χ4n) is 3.08. The first-order chi connectivity index (χ1) is 13.0. The molecule has 7 nitrogen and oxygen atoms in total. The number of carbonyl (C=O) groups is 1. The van der Waals surface area contributed by atoms with Crippen LogP contribution in [-0.4, -0.2) is 36.2 Å². The molecule has 0 saturated heterocycles. The van der Waals surface area contributed by atoms with Gasteiger partial charge in [-0.3, -0.25) is 18.8 Å². The first-order valence-electron chi connectivity index (χ1n) is 8.55. The average Bonchev–Trinajstić information content (AvgIpc) is 3.40. The van der Waals surface area contributed by atoms with Gasteiger partial charge in [-0.15, -0.1) is 0 Å². The Morgan fingerprint density at radius 3 is 2.89 bits per heavy atom. The monoisotopic (exact) mass is 389 g/mol. The maximum atomic E-state index is 14.1. The summed E-state index contributed by atoms with van der Waals surface area (Å²) in [4.78, 5) is 31.2. The van der Waals surface area contributed by atoms with Crippen molar-refractivity contribution in [3.05, 3.63) is 57.5 Å². The highest BCUT2D eigenvalue weighted by Crippen LogP contribution is 2.31. The van der Waals surface area contributed by atoms with Crippen molar-refractivity contribution in [1.29, 1.82) is 0 Å². The molecule has 3 aromatic rings. The molecule has 1 aromatic carbocycles. The van der Waals surface area contributed by atoms with Crippen molar-refractivity contribution in [3.63, 3.8) is 0 Å². The molecule has 1 saturated carbocycles. The molecule has 2 heterocycles. The number of benzene rings is 1. The average molecular weight is 390 g/mol. The van der Waals surface area contributed by atoms with Gasteiger partial charge in [-0.2, -0.15) is 5.10 Å². The molecular weight excluding hydrogens is 373 g/mol. The Morgan fingerprint density at radius 1 is 1.41 bits per heavy atom. The number of rotatable bonds is 5. The Kier molecular flexibility index (Phi) is 4.43. The molecule has 1 aliphatic carbocycles. The zero-order chi connectivity index (χ0) is 19.1. The van der Waals surface area contributed by atoms with Crippen molar-refractivity contribution >= 4 is 28.5 Å². The molecule has 0 unspecified atom stereocenters. The Morgan fingerprint density at radius 2 is 2.19 bits per heavy atom. The zero-order valence-corrected chi connectivity index (χ0v) is 15.4. The molecular formula is C18H17ClFN5O2. The van der Waals surface area contributed by atoms with E-state index in [9.17, 15) is 14.0 Å². The largest absolute Gasteiger partial charge is 0.334 e. The summed E-state index contributed by atoms with van der Waals surface area (Å²) in [5, 5.41) is 4.65. The summed E-state index contributed by atoms with van der Waals surface area (Å²) in [6, 6.07) is 4.49. The van der Waals surface area contributed by atoms with Crippen LogP contribution in [0.5, 0.6) is 0 Å². The number of hydrogen-bond acceptors (Lipinski definition) is 4. The van der Waals surface area contributed by atoms with Crippen molar-refractivity contribution < 1.29 is 9.18 Å². The molecule has 140 valence electrons. The van der Waals surface area contributed by atoms with Crippen molar-refractivity contribution in [2.45, 2.75) is 32.0 Å². The van der Waals surface area contributed by atoms with Gasteiger partial charge in [-0.1, -0.05) is 17.7 Å². The number of fused-ring (bicyclic) bond motifs is 1. The van der Waals surface area contributed by atoms with Crippen molar-refractivity contribution in [2.75, 3.05) is 0 Å². The van der Waals surface area contributed by atoms with Gasteiger partial charge < -0.3 is 4.90 Å². The predicted octanol–water partition coefficient (Wildman–Crippen LogP) is 2.11. The normalized spacial score (nSPS) is 13.9. The second-order valence-corrected chi connectivity index (χ2v) is 7.04. The smallest absolute Gasteiger partial charge is 0.264 e. The molecule has 0 atom stereocenters. The SMILES string of the molecule is Cn1ncc2c(=O)n(CC(=O)N(Cc3c(F)cccc3Cl)C3CC3)cnc21. The van der Waals surface area contributed by atoms with Gasteiger partial charge in [0, 0.05) is 23.7 Å². The second kappa shape index (κ2) is 6.77. The molecule has 0 N–H and O–H groups in total. The Balaban J connectivity index is 1.60. The maximum Gasteiger partial charge on any atom is 0.264 e. The van der Waals surface area contributed by atoms with Crippen molar-refractivity contribution in [3.8, 4) is 0 Å². The van der Waals surface area contributed by atoms with Crippen LogP contribution in [0.4, 0.5) is 4.39 Å². The van der Waals surface area contributed by atoms with Crippen LogP contribution in [0.1, 0.15) is 18.4 Å². The summed E-state index contributed by atoms with van der Waals surface area (Å²) in [7, 11) is 1.69. The minimum absolute atomic E-state index is 0.0407. The quantitative estimate of drug-likeness (QED) is 0.670. The molecule has 4 rings (SSSR count). The summed E-state index contributed by atoms with van der Waals surface area (Å²) >= 11 is 6.10. The van der Waals surface area contributed by atoms with Gasteiger partial charge in [-0.05, 0) is 25.0 Å². The lowest BCUT2D eigenvalue weighted by Gasteiger charge is -2.23. The van der Waals surface area contributed by atoms with Gasteiger partial charge in [0.1, 0.15) is 24.1 Å². The van der Waals surface area contributed by atoms with Crippen LogP contribution in [0.15, 0.2) is 35.5 Å². The van der Waals surface area contributed by atoms with E-state index in [4.69, 9.17) is 11.6 Å². The summed E-state index contributed by atoms with van der Waals surface area (Å²) < 4.78 is 16.9. The van der Waals surface area contributed by atoms with E-state index < -0.39 is 5.82 Å². The highest BCUT2D eigenvalue weighted by atomic mass is 35.5. The topological polar surface area (TPSA) is 73.0 Å². The van der Waals surface area contributed by atoms with Gasteiger partial charge in [0.15, 0.2) is 5.65 Å². The van der Waals surface area contributed by atoms with Gasteiger partial charge in [0.25, 0.3) is 5.56 Å². The fraction of sp³-hybridized carbons (Fsp3) is 0.333. The van der Waals surface area contributed by atoms with E-state index in [0.29, 0.717) is 11.0 Å². The zero-order valence-electron chi connectivity index (χ0n) is 14.6. The highest BCUT2D eigenvalue weighted by molar-refractivity contribution is 6.31. The molecule has 0 aliphatic heterocycles. The van der Waals surface area contributed by atoms with Crippen LogP contribution in [0.3, 0.4) is 0 Å². The third-order valence-corrected chi connectivity index (χ3v) is 5.08. The molecule has 2 aromatic heterocycles. The lowest BCUT2D eigenvalue weighted by atomic mass is 10.2. The van der Waals surface area contributed by atoms with E-state index in [0.717, 1.165) is 12.8 Å². The first-order valence-corrected chi connectivity index (χ1v) is 8.93. The molecule has 1 aliphatic rings. The van der Waals surface area contributed by atoms with E-state index in [-0.39, 0.29) is 41.2 Å². The molecule has 1 fully saturated rings. The van der Waals surface area contributed by atoms with Crippen molar-refractivity contribution in [2.24, 2.45) is 7.05 Å². The van der Waals surface area contributed by atoms with Crippen LogP contribution >= 0.6 is 11.6 Å². The minimum Gasteiger partial charge on any atom is -0.334 e. The Labute approximate surface area is 159 Å². The van der Waals surface area contributed by atoms with E-state index in [1.54, 1.807) is 18.0 Å². The number of halogens is 2. The summed E-state index contributed by atoms with van der Waals surface area (Å²) in [5.41, 5.74) is 0.412. The lowest BCUT2D eigenvalue weighted by molar-refractivity contribution is -0.133. The second-order valence-electron chi connectivity index (χ2n) is 6.64. The van der Waals surface area contributed by atoms with Crippen LogP contribution in [0.25, 0.3) is 11.0 Å². The molecule has 9 heteroatoms.